The van der Waals surface area contributed by atoms with Gasteiger partial charge in [0.1, 0.15) is 0 Å². The Hall–Kier alpha value is -0.700. The Balaban J connectivity index is 3.81. The van der Waals surface area contributed by atoms with Crippen LogP contribution >= 0.6 is 0 Å². The van der Waals surface area contributed by atoms with Crippen LogP contribution in [0.1, 0.15) is 13.3 Å². The summed E-state index contributed by atoms with van der Waals surface area (Å²) in [5.74, 6) is 7.14. The van der Waals surface area contributed by atoms with Gasteiger partial charge in [-0.05, 0) is 0 Å². The standard InChI is InChI=1S/C6H13B2N3/c1-2-8-4-3-5(11-10)6(7)9/h2,11H,3-4,9-10H2,1H3/b6-5-. The van der Waals surface area contributed by atoms with Crippen LogP contribution in [0, 0.1) is 0 Å². The molecular formula is C6H13B2N3. The zero-order valence-corrected chi connectivity index (χ0v) is 6.80. The van der Waals surface area contributed by atoms with Gasteiger partial charge in [0.05, 0.1) is 0 Å². The molecule has 0 fully saturated rings. The third kappa shape index (κ3) is 4.67. The van der Waals surface area contributed by atoms with Crippen LogP contribution in [0.4, 0.5) is 0 Å². The van der Waals surface area contributed by atoms with E-state index in [0.29, 0.717) is 5.70 Å². The van der Waals surface area contributed by atoms with Crippen molar-refractivity contribution in [2.24, 2.45) is 11.6 Å². The summed E-state index contributed by atoms with van der Waals surface area (Å²) in [4.78, 5) is 0. The molecule has 2 radical (unpaired) electrons. The van der Waals surface area contributed by atoms with Crippen molar-refractivity contribution < 1.29 is 0 Å². The van der Waals surface area contributed by atoms with Crippen molar-refractivity contribution in [3.63, 3.8) is 0 Å². The summed E-state index contributed by atoms with van der Waals surface area (Å²) in [6.45, 7) is 3.99. The Labute approximate surface area is 69.5 Å². The third-order valence-electron chi connectivity index (χ3n) is 1.32. The fourth-order valence-corrected chi connectivity index (χ4v) is 0.694. The molecule has 0 amide bonds. The van der Waals surface area contributed by atoms with Gasteiger partial charge < -0.3 is 0 Å². The summed E-state index contributed by atoms with van der Waals surface area (Å²) < 4.78 is 0. The Kier molecular flexibility index (Phi) is 5.65. The van der Waals surface area contributed by atoms with E-state index in [1.165, 1.54) is 0 Å². The molecule has 0 bridgehead atoms. The van der Waals surface area contributed by atoms with Crippen LogP contribution in [-0.4, -0.2) is 20.7 Å². The first-order chi connectivity index (χ1) is 5.22. The fraction of sp³-hybridized carbons (Fsp3) is 0.500. The molecular weight excluding hydrogens is 136 g/mol. The van der Waals surface area contributed by atoms with Crippen LogP contribution in [0.3, 0.4) is 0 Å². The molecule has 0 spiro atoms. The molecule has 58 valence electrons. The van der Waals surface area contributed by atoms with E-state index in [-0.39, 0.29) is 5.60 Å². The SMILES string of the molecule is [B]/C(N)=C(\CCB=CC)NN. The van der Waals surface area contributed by atoms with Gasteiger partial charge in [-0.1, -0.05) is 0 Å². The van der Waals surface area contributed by atoms with E-state index in [2.05, 4.69) is 5.43 Å². The molecule has 0 aromatic carbocycles. The van der Waals surface area contributed by atoms with Crippen LogP contribution in [0.5, 0.6) is 0 Å². The van der Waals surface area contributed by atoms with Gasteiger partial charge >= 0.3 is 68.7 Å². The van der Waals surface area contributed by atoms with Crippen molar-refractivity contribution in [1.29, 1.82) is 0 Å². The Morgan fingerprint density at radius 2 is 2.36 bits per heavy atom. The van der Waals surface area contributed by atoms with Crippen LogP contribution < -0.4 is 17.0 Å². The predicted octanol–water partition coefficient (Wildman–Crippen LogP) is -0.919. The molecule has 0 aliphatic rings. The molecule has 0 aromatic heterocycles. The minimum absolute atomic E-state index is 0.261. The molecule has 0 aliphatic carbocycles. The molecule has 5 N–H and O–H groups in total. The van der Waals surface area contributed by atoms with Crippen molar-refractivity contribution in [2.45, 2.75) is 19.7 Å². The minimum atomic E-state index is 0.261. The summed E-state index contributed by atoms with van der Waals surface area (Å²) in [5, 5.41) is 0. The topological polar surface area (TPSA) is 64.1 Å². The molecule has 0 atom stereocenters. The van der Waals surface area contributed by atoms with Gasteiger partial charge in [0.2, 0.25) is 0 Å². The summed E-state index contributed by atoms with van der Waals surface area (Å²) >= 11 is 0. The fourth-order valence-electron chi connectivity index (χ4n) is 0.694. The Morgan fingerprint density at radius 1 is 1.73 bits per heavy atom. The average molecular weight is 149 g/mol. The van der Waals surface area contributed by atoms with Gasteiger partial charge in [-0.15, -0.1) is 0 Å². The molecule has 0 saturated heterocycles. The van der Waals surface area contributed by atoms with Crippen LogP contribution in [0.25, 0.3) is 0 Å². The van der Waals surface area contributed by atoms with Gasteiger partial charge in [0, 0.05) is 0 Å². The molecule has 11 heavy (non-hydrogen) atoms. The van der Waals surface area contributed by atoms with Crippen molar-refractivity contribution in [2.75, 3.05) is 0 Å². The normalized spacial score (nSPS) is 12.5. The average Bonchev–Trinajstić information content (AvgIpc) is 1.97. The zero-order valence-electron chi connectivity index (χ0n) is 6.80. The molecule has 3 nitrogen and oxygen atoms in total. The van der Waals surface area contributed by atoms with Gasteiger partial charge in [-0.2, -0.15) is 0 Å². The second-order valence-corrected chi connectivity index (χ2v) is 2.19. The van der Waals surface area contributed by atoms with Gasteiger partial charge in [0.15, 0.2) is 0 Å². The van der Waals surface area contributed by atoms with E-state index >= 15 is 0 Å². The zero-order chi connectivity index (χ0) is 8.69. The maximum absolute atomic E-state index is 5.32. The third-order valence-corrected chi connectivity index (χ3v) is 1.32. The summed E-state index contributed by atoms with van der Waals surface area (Å²) in [6, 6.07) is 0. The Bertz CT molecular complexity index is 161. The van der Waals surface area contributed by atoms with Gasteiger partial charge in [0.25, 0.3) is 0 Å². The van der Waals surface area contributed by atoms with E-state index in [9.17, 15) is 0 Å². The van der Waals surface area contributed by atoms with Crippen molar-refractivity contribution in [1.82, 2.24) is 5.43 Å². The second kappa shape index (κ2) is 6.04. The van der Waals surface area contributed by atoms with Crippen LogP contribution in [0.2, 0.25) is 6.32 Å². The predicted molar refractivity (Wildman–Crippen MR) is 51.2 cm³/mol. The van der Waals surface area contributed by atoms with Crippen molar-refractivity contribution in [3.05, 3.63) is 11.3 Å². The molecule has 0 aliphatic heterocycles. The molecule has 0 aromatic rings. The Morgan fingerprint density at radius 3 is 2.73 bits per heavy atom. The quantitative estimate of drug-likeness (QED) is 0.275. The number of allylic oxidation sites excluding steroid dienone is 1. The summed E-state index contributed by atoms with van der Waals surface area (Å²) in [7, 11) is 5.32. The van der Waals surface area contributed by atoms with Crippen LogP contribution in [0.15, 0.2) is 11.3 Å². The van der Waals surface area contributed by atoms with Gasteiger partial charge in [-0.25, -0.2) is 0 Å². The number of nitrogens with one attached hydrogen (secondary N) is 1. The molecule has 0 heterocycles. The van der Waals surface area contributed by atoms with Gasteiger partial charge in [-0.3, -0.25) is 0 Å². The van der Waals surface area contributed by atoms with E-state index in [1.54, 1.807) is 0 Å². The summed E-state index contributed by atoms with van der Waals surface area (Å²) in [5.41, 5.74) is 8.73. The molecule has 0 unspecified atom stereocenters. The first-order valence-electron chi connectivity index (χ1n) is 3.54. The first kappa shape index (κ1) is 10.3. The second-order valence-electron chi connectivity index (χ2n) is 2.19. The number of hydrazine groups is 1. The van der Waals surface area contributed by atoms with Crippen molar-refractivity contribution >= 4 is 20.7 Å². The maximum atomic E-state index is 5.32. The van der Waals surface area contributed by atoms with Crippen LogP contribution in [-0.2, 0) is 0 Å². The van der Waals surface area contributed by atoms with E-state index < -0.39 is 0 Å². The first-order valence-corrected chi connectivity index (χ1v) is 3.54. The number of hydrogen-bond donors (Lipinski definition) is 3. The van der Waals surface area contributed by atoms with E-state index in [4.69, 9.17) is 19.4 Å². The number of hydrogen-bond acceptors (Lipinski definition) is 3. The van der Waals surface area contributed by atoms with Crippen molar-refractivity contribution in [3.8, 4) is 0 Å². The molecule has 5 heteroatoms. The van der Waals surface area contributed by atoms with E-state index in [0.717, 1.165) is 12.7 Å². The number of nitrogens with two attached hydrogens (primary N) is 2. The monoisotopic (exact) mass is 149 g/mol. The molecule has 0 saturated carbocycles. The molecule has 0 rings (SSSR count). The summed E-state index contributed by atoms with van der Waals surface area (Å²) in [6.07, 6.45) is 1.65. The number of rotatable bonds is 4. The van der Waals surface area contributed by atoms with E-state index in [1.807, 2.05) is 19.8 Å².